The highest BCUT2D eigenvalue weighted by Gasteiger charge is 2.20. The molecule has 1 fully saturated rings. The fraction of sp³-hybridized carbons (Fsp3) is 0.500. The maximum absolute atomic E-state index is 3.43. The summed E-state index contributed by atoms with van der Waals surface area (Å²) < 4.78 is 2.37. The first-order valence-electron chi connectivity index (χ1n) is 7.26. The number of nitrogens with zero attached hydrogens (tertiary/aromatic N) is 2. The number of hydrogen-bond acceptors (Lipinski definition) is 2. The van der Waals surface area contributed by atoms with Crippen LogP contribution >= 0.6 is 0 Å². The molecule has 1 aliphatic rings. The van der Waals surface area contributed by atoms with Gasteiger partial charge in [-0.15, -0.1) is 0 Å². The van der Waals surface area contributed by atoms with Crippen molar-refractivity contribution in [1.29, 1.82) is 0 Å². The zero-order valence-corrected chi connectivity index (χ0v) is 12.2. The quantitative estimate of drug-likeness (QED) is 0.892. The first-order valence-corrected chi connectivity index (χ1v) is 7.26. The average Bonchev–Trinajstić information content (AvgIpc) is 2.72. The van der Waals surface area contributed by atoms with Crippen LogP contribution in [0.5, 0.6) is 0 Å². The highest BCUT2D eigenvalue weighted by molar-refractivity contribution is 5.97. The summed E-state index contributed by atoms with van der Waals surface area (Å²) in [5.74, 6) is 0. The van der Waals surface area contributed by atoms with Crippen LogP contribution in [0.1, 0.15) is 18.2 Å². The van der Waals surface area contributed by atoms with Gasteiger partial charge in [0.1, 0.15) is 0 Å². The number of benzene rings is 1. The second-order valence-electron chi connectivity index (χ2n) is 5.40. The summed E-state index contributed by atoms with van der Waals surface area (Å²) in [6.07, 6.45) is 1.09. The Kier molecular flexibility index (Phi) is 3.23. The molecule has 1 saturated heterocycles. The summed E-state index contributed by atoms with van der Waals surface area (Å²) >= 11 is 0. The molecule has 0 bridgehead atoms. The molecule has 1 N–H and O–H groups in total. The molecule has 3 heteroatoms. The molecule has 2 aromatic rings. The molecule has 2 heterocycles. The van der Waals surface area contributed by atoms with Gasteiger partial charge in [0.05, 0.1) is 11.2 Å². The lowest BCUT2D eigenvalue weighted by Crippen LogP contribution is -2.43. The molecule has 3 rings (SSSR count). The van der Waals surface area contributed by atoms with Crippen molar-refractivity contribution in [3.05, 3.63) is 29.5 Å². The van der Waals surface area contributed by atoms with Crippen molar-refractivity contribution >= 4 is 16.6 Å². The molecule has 3 nitrogen and oxygen atoms in total. The summed E-state index contributed by atoms with van der Waals surface area (Å²) in [7, 11) is 2.20. The number of anilines is 1. The van der Waals surface area contributed by atoms with Crippen LogP contribution in [0.15, 0.2) is 18.2 Å². The Bertz CT molecular complexity index is 592. The Morgan fingerprint density at radius 1 is 1.21 bits per heavy atom. The van der Waals surface area contributed by atoms with Crippen LogP contribution in [0.3, 0.4) is 0 Å². The fourth-order valence-electron chi connectivity index (χ4n) is 3.27. The number of aromatic nitrogens is 1. The number of aryl methyl sites for hydroxylation is 2. The van der Waals surface area contributed by atoms with E-state index in [0.717, 1.165) is 32.6 Å². The molecular weight excluding hydrogens is 234 g/mol. The normalized spacial score (nSPS) is 16.3. The minimum atomic E-state index is 1.09. The van der Waals surface area contributed by atoms with Crippen LogP contribution < -0.4 is 10.2 Å². The molecule has 19 heavy (non-hydrogen) atoms. The van der Waals surface area contributed by atoms with Gasteiger partial charge in [0, 0.05) is 44.3 Å². The number of fused-ring (bicyclic) bond motifs is 1. The topological polar surface area (TPSA) is 20.2 Å². The summed E-state index contributed by atoms with van der Waals surface area (Å²) in [6, 6.07) is 6.73. The molecule has 102 valence electrons. The molecule has 0 amide bonds. The van der Waals surface area contributed by atoms with E-state index < -0.39 is 0 Å². The van der Waals surface area contributed by atoms with Crippen molar-refractivity contribution in [2.75, 3.05) is 31.1 Å². The maximum Gasteiger partial charge on any atom is 0.0657 e. The van der Waals surface area contributed by atoms with E-state index in [0.29, 0.717) is 0 Å². The van der Waals surface area contributed by atoms with Crippen molar-refractivity contribution in [1.82, 2.24) is 9.88 Å². The third kappa shape index (κ3) is 1.93. The lowest BCUT2D eigenvalue weighted by Gasteiger charge is -2.29. The molecule has 1 aromatic carbocycles. The van der Waals surface area contributed by atoms with Gasteiger partial charge in [-0.25, -0.2) is 0 Å². The predicted molar refractivity (Wildman–Crippen MR) is 82.1 cm³/mol. The number of piperazine rings is 1. The van der Waals surface area contributed by atoms with Gasteiger partial charge in [-0.3, -0.25) is 0 Å². The summed E-state index contributed by atoms with van der Waals surface area (Å²) in [5.41, 5.74) is 5.69. The van der Waals surface area contributed by atoms with Crippen LogP contribution in [0.2, 0.25) is 0 Å². The molecule has 0 spiro atoms. The van der Waals surface area contributed by atoms with Gasteiger partial charge in [-0.05, 0) is 18.9 Å². The minimum absolute atomic E-state index is 1.09. The van der Waals surface area contributed by atoms with E-state index in [1.165, 1.54) is 27.8 Å². The van der Waals surface area contributed by atoms with E-state index in [9.17, 15) is 0 Å². The molecule has 1 aliphatic heterocycles. The van der Waals surface area contributed by atoms with Crippen LogP contribution in [-0.4, -0.2) is 30.7 Å². The third-order valence-electron chi connectivity index (χ3n) is 4.37. The molecular formula is C16H23N3. The largest absolute Gasteiger partial charge is 0.367 e. The van der Waals surface area contributed by atoms with Gasteiger partial charge in [0.15, 0.2) is 0 Å². The monoisotopic (exact) mass is 257 g/mol. The Morgan fingerprint density at radius 3 is 2.63 bits per heavy atom. The predicted octanol–water partition coefficient (Wildman–Crippen LogP) is 2.46. The van der Waals surface area contributed by atoms with Gasteiger partial charge in [-0.2, -0.15) is 0 Å². The molecule has 0 atom stereocenters. The van der Waals surface area contributed by atoms with Gasteiger partial charge in [0.25, 0.3) is 0 Å². The van der Waals surface area contributed by atoms with Gasteiger partial charge in [-0.1, -0.05) is 25.1 Å². The Hall–Kier alpha value is -1.48. The van der Waals surface area contributed by atoms with Gasteiger partial charge < -0.3 is 14.8 Å². The summed E-state index contributed by atoms with van der Waals surface area (Å²) in [4.78, 5) is 2.54. The molecule has 0 saturated carbocycles. The van der Waals surface area contributed by atoms with Crippen LogP contribution in [0.4, 0.5) is 5.69 Å². The summed E-state index contributed by atoms with van der Waals surface area (Å²) in [5, 5.41) is 4.85. The molecule has 0 unspecified atom stereocenters. The third-order valence-corrected chi connectivity index (χ3v) is 4.37. The van der Waals surface area contributed by atoms with Crippen molar-refractivity contribution in [2.24, 2.45) is 7.05 Å². The van der Waals surface area contributed by atoms with Crippen LogP contribution in [0.25, 0.3) is 10.9 Å². The molecule has 1 aromatic heterocycles. The van der Waals surface area contributed by atoms with E-state index in [2.05, 4.69) is 53.9 Å². The van der Waals surface area contributed by atoms with E-state index in [4.69, 9.17) is 0 Å². The zero-order valence-electron chi connectivity index (χ0n) is 12.2. The van der Waals surface area contributed by atoms with E-state index in [1.807, 2.05) is 0 Å². The fourth-order valence-corrected chi connectivity index (χ4v) is 3.27. The summed E-state index contributed by atoms with van der Waals surface area (Å²) in [6.45, 7) is 8.87. The highest BCUT2D eigenvalue weighted by atomic mass is 15.2. The number of para-hydroxylation sites is 1. The minimum Gasteiger partial charge on any atom is -0.367 e. The molecule has 0 radical (unpaired) electrons. The molecule has 0 aliphatic carbocycles. The smallest absolute Gasteiger partial charge is 0.0657 e. The van der Waals surface area contributed by atoms with Crippen molar-refractivity contribution in [2.45, 2.75) is 20.3 Å². The Balaban J connectivity index is 2.21. The highest BCUT2D eigenvalue weighted by Crippen LogP contribution is 2.35. The Morgan fingerprint density at radius 2 is 1.95 bits per heavy atom. The number of rotatable bonds is 2. The lowest BCUT2D eigenvalue weighted by atomic mass is 10.1. The van der Waals surface area contributed by atoms with E-state index in [1.54, 1.807) is 0 Å². The second-order valence-corrected chi connectivity index (χ2v) is 5.40. The number of nitrogens with one attached hydrogen (secondary N) is 1. The van der Waals surface area contributed by atoms with Gasteiger partial charge in [0.2, 0.25) is 0 Å². The first-order chi connectivity index (χ1) is 9.24. The number of hydrogen-bond donors (Lipinski definition) is 1. The standard InChI is InChI=1S/C16H23N3/c1-4-13-6-5-7-14-15(12(2)18(3)16(13)14)19-10-8-17-9-11-19/h5-7,17H,4,8-11H2,1-3H3. The lowest BCUT2D eigenvalue weighted by molar-refractivity contribution is 0.589. The van der Waals surface area contributed by atoms with Crippen molar-refractivity contribution < 1.29 is 0 Å². The van der Waals surface area contributed by atoms with Gasteiger partial charge >= 0.3 is 0 Å². The average molecular weight is 257 g/mol. The van der Waals surface area contributed by atoms with Crippen molar-refractivity contribution in [3.8, 4) is 0 Å². The zero-order chi connectivity index (χ0) is 13.4. The van der Waals surface area contributed by atoms with E-state index >= 15 is 0 Å². The Labute approximate surface area is 115 Å². The van der Waals surface area contributed by atoms with Crippen LogP contribution in [-0.2, 0) is 13.5 Å². The SMILES string of the molecule is CCc1cccc2c(N3CCNCC3)c(C)n(C)c12. The second kappa shape index (κ2) is 4.89. The van der Waals surface area contributed by atoms with E-state index in [-0.39, 0.29) is 0 Å². The van der Waals surface area contributed by atoms with Crippen LogP contribution in [0, 0.1) is 6.92 Å². The maximum atomic E-state index is 3.43. The van der Waals surface area contributed by atoms with Crippen molar-refractivity contribution in [3.63, 3.8) is 0 Å². The first kappa shape index (κ1) is 12.5.